The van der Waals surface area contributed by atoms with Crippen LogP contribution in [0.2, 0.25) is 0 Å². The van der Waals surface area contributed by atoms with Crippen LogP contribution in [0.5, 0.6) is 0 Å². The van der Waals surface area contributed by atoms with E-state index in [0.717, 1.165) is 149 Å². The number of nitrogens with zero attached hydrogens (tertiary/aromatic N) is 1. The Bertz CT molecular complexity index is 4110. The summed E-state index contributed by atoms with van der Waals surface area (Å²) in [6.07, 6.45) is 0. The molecule has 4 heteroatoms. The van der Waals surface area contributed by atoms with E-state index in [2.05, 4.69) is 241 Å². The van der Waals surface area contributed by atoms with Crippen LogP contribution in [0.4, 0.5) is 17.1 Å². The minimum absolute atomic E-state index is 0.762. The normalized spacial score (nSPS) is 12.0. The zero-order valence-corrected chi connectivity index (χ0v) is 37.7. The Kier molecular flexibility index (Phi) is 8.33. The number of hydrogen-bond donors (Lipinski definition) is 0. The minimum atomic E-state index is 0.762. The van der Waals surface area contributed by atoms with E-state index in [1.54, 1.807) is 0 Å². The summed E-state index contributed by atoms with van der Waals surface area (Å²) in [5.74, 6) is 0. The van der Waals surface area contributed by atoms with Crippen molar-refractivity contribution in [1.29, 1.82) is 0 Å². The predicted molar refractivity (Wildman–Crippen MR) is 292 cm³/mol. The zero-order chi connectivity index (χ0) is 45.9. The monoisotopic (exact) mass is 893 g/mol. The van der Waals surface area contributed by atoms with Gasteiger partial charge in [-0.05, 0) is 85.4 Å². The molecule has 0 aliphatic heterocycles. The quantitative estimate of drug-likeness (QED) is 0.167. The average molecular weight is 894 g/mol. The van der Waals surface area contributed by atoms with E-state index in [9.17, 15) is 0 Å². The van der Waals surface area contributed by atoms with Gasteiger partial charge in [0.15, 0.2) is 16.7 Å². The maximum atomic E-state index is 7.41. The van der Waals surface area contributed by atoms with Crippen LogP contribution in [0.3, 0.4) is 0 Å². The molecule has 15 aromatic rings. The molecular weight excluding hydrogens is 855 g/mol. The number of para-hydroxylation sites is 3. The second-order valence-corrected chi connectivity index (χ2v) is 18.2. The average Bonchev–Trinajstić information content (AvgIpc) is 4.15. The molecule has 3 heterocycles. The first-order valence-corrected chi connectivity index (χ1v) is 23.8. The van der Waals surface area contributed by atoms with E-state index in [1.165, 1.54) is 0 Å². The van der Waals surface area contributed by atoms with Crippen LogP contribution in [-0.2, 0) is 0 Å². The molecule has 0 saturated heterocycles. The fourth-order valence-corrected chi connectivity index (χ4v) is 11.3. The highest BCUT2D eigenvalue weighted by atomic mass is 16.3. The first-order chi connectivity index (χ1) is 34.7. The van der Waals surface area contributed by atoms with Crippen molar-refractivity contribution in [3.05, 3.63) is 237 Å². The Morgan fingerprint density at radius 1 is 0.229 bits per heavy atom. The number of anilines is 3. The van der Waals surface area contributed by atoms with Crippen LogP contribution < -0.4 is 4.90 Å². The Morgan fingerprint density at radius 2 is 0.500 bits per heavy atom. The summed E-state index contributed by atoms with van der Waals surface area (Å²) < 4.78 is 22.2. The van der Waals surface area contributed by atoms with E-state index in [0.29, 0.717) is 0 Å². The molecule has 0 N–H and O–H groups in total. The molecular formula is C66H39NO3. The molecule has 3 aromatic heterocycles. The van der Waals surface area contributed by atoms with Crippen LogP contribution in [0.15, 0.2) is 250 Å². The lowest BCUT2D eigenvalue weighted by atomic mass is 9.96. The summed E-state index contributed by atoms with van der Waals surface area (Å²) >= 11 is 0. The van der Waals surface area contributed by atoms with Crippen molar-refractivity contribution in [3.63, 3.8) is 0 Å². The molecule has 0 fully saturated rings. The van der Waals surface area contributed by atoms with Gasteiger partial charge < -0.3 is 13.3 Å². The number of fused-ring (bicyclic) bond motifs is 15. The van der Waals surface area contributed by atoms with Gasteiger partial charge >= 0.3 is 0 Å². The third-order valence-corrected chi connectivity index (χ3v) is 14.4. The first kappa shape index (κ1) is 38.7. The maximum absolute atomic E-state index is 7.41. The van der Waals surface area contributed by atoms with E-state index in [4.69, 9.17) is 13.3 Å². The summed E-state index contributed by atoms with van der Waals surface area (Å²) in [7, 11) is 0. The Hall–Kier alpha value is -9.38. The fraction of sp³-hybridized carbons (Fsp3) is 0. The van der Waals surface area contributed by atoms with Crippen molar-refractivity contribution in [1.82, 2.24) is 0 Å². The van der Waals surface area contributed by atoms with Crippen LogP contribution >= 0.6 is 0 Å². The molecule has 0 radical (unpaired) electrons. The Balaban J connectivity index is 1.10. The molecule has 0 unspecified atom stereocenters. The van der Waals surface area contributed by atoms with Crippen LogP contribution in [0.1, 0.15) is 0 Å². The lowest BCUT2D eigenvalue weighted by Gasteiger charge is -2.25. The van der Waals surface area contributed by atoms with Crippen molar-refractivity contribution in [2.24, 2.45) is 0 Å². The smallest absolute Gasteiger partial charge is 0.159 e. The van der Waals surface area contributed by atoms with Gasteiger partial charge in [-0.25, -0.2) is 0 Å². The summed E-state index contributed by atoms with van der Waals surface area (Å²) in [6.45, 7) is 0. The van der Waals surface area contributed by atoms with Gasteiger partial charge in [0.25, 0.3) is 0 Å². The third-order valence-electron chi connectivity index (χ3n) is 14.4. The largest absolute Gasteiger partial charge is 0.453 e. The molecule has 15 rings (SSSR count). The fourth-order valence-electron chi connectivity index (χ4n) is 11.3. The molecule has 0 aliphatic carbocycles. The lowest BCUT2D eigenvalue weighted by molar-refractivity contribution is 0.665. The first-order valence-electron chi connectivity index (χ1n) is 23.8. The molecule has 0 atom stereocenters. The molecule has 0 amide bonds. The summed E-state index contributed by atoms with van der Waals surface area (Å²) in [6, 6.07) is 84.0. The summed E-state index contributed by atoms with van der Waals surface area (Å²) in [4.78, 5) is 2.32. The highest BCUT2D eigenvalue weighted by Crippen LogP contribution is 2.53. The lowest BCUT2D eigenvalue weighted by Crippen LogP contribution is -2.10. The molecule has 0 spiro atoms. The van der Waals surface area contributed by atoms with Crippen molar-refractivity contribution in [2.45, 2.75) is 0 Å². The van der Waals surface area contributed by atoms with Gasteiger partial charge in [-0.2, -0.15) is 0 Å². The highest BCUT2D eigenvalue weighted by molar-refractivity contribution is 6.28. The number of rotatable bonds is 6. The van der Waals surface area contributed by atoms with Gasteiger partial charge in [0.1, 0.15) is 16.7 Å². The number of benzene rings is 12. The van der Waals surface area contributed by atoms with E-state index >= 15 is 0 Å². The molecule has 70 heavy (non-hydrogen) atoms. The topological polar surface area (TPSA) is 42.7 Å². The van der Waals surface area contributed by atoms with Crippen molar-refractivity contribution in [3.8, 4) is 33.4 Å². The predicted octanol–water partition coefficient (Wildman–Crippen LogP) is 19.3. The second kappa shape index (κ2) is 15.1. The molecule has 0 aliphatic rings. The molecule has 0 bridgehead atoms. The van der Waals surface area contributed by atoms with Gasteiger partial charge in [0.05, 0.1) is 17.1 Å². The maximum Gasteiger partial charge on any atom is 0.159 e. The van der Waals surface area contributed by atoms with Crippen molar-refractivity contribution >= 4 is 115 Å². The van der Waals surface area contributed by atoms with Gasteiger partial charge in [0, 0.05) is 49.0 Å². The van der Waals surface area contributed by atoms with Crippen LogP contribution in [0, 0.1) is 0 Å². The van der Waals surface area contributed by atoms with Crippen LogP contribution in [0.25, 0.3) is 132 Å². The minimum Gasteiger partial charge on any atom is -0.453 e. The molecule has 4 nitrogen and oxygen atoms in total. The molecule has 12 aromatic carbocycles. The summed E-state index contributed by atoms with van der Waals surface area (Å²) in [5.41, 5.74) is 13.8. The Labute approximate surface area is 401 Å². The van der Waals surface area contributed by atoms with Crippen molar-refractivity contribution < 1.29 is 13.3 Å². The van der Waals surface area contributed by atoms with Crippen LogP contribution in [-0.4, -0.2) is 0 Å². The standard InChI is InChI=1S/C66H39NO3/c1-4-19-40(20-5-1)52-37-43-25-10-13-28-46(43)58-49-31-16-34-55(61(49)68-64(52)58)67(56-35-17-32-50-59-47-29-14-11-26-44(47)38-53(65(59)69-62(50)56)41-21-6-2-7-22-41)57-36-18-33-51-60-48-30-15-12-27-45(48)39-54(66(60)70-63(51)57)42-23-8-3-9-24-42/h1-39H. The van der Waals surface area contributed by atoms with Crippen molar-refractivity contribution in [2.75, 3.05) is 4.90 Å². The molecule has 0 saturated carbocycles. The third kappa shape index (κ3) is 5.65. The van der Waals surface area contributed by atoms with E-state index < -0.39 is 0 Å². The Morgan fingerprint density at radius 3 is 0.814 bits per heavy atom. The van der Waals surface area contributed by atoms with Gasteiger partial charge in [-0.15, -0.1) is 0 Å². The molecule has 326 valence electrons. The van der Waals surface area contributed by atoms with E-state index in [-0.39, 0.29) is 0 Å². The van der Waals surface area contributed by atoms with Gasteiger partial charge in [-0.1, -0.05) is 200 Å². The van der Waals surface area contributed by atoms with Gasteiger partial charge in [0.2, 0.25) is 0 Å². The van der Waals surface area contributed by atoms with Gasteiger partial charge in [-0.3, -0.25) is 4.90 Å². The zero-order valence-electron chi connectivity index (χ0n) is 37.7. The SMILES string of the molecule is c1ccc(-c2cc3ccccc3c3c2oc2c(N(c4cccc5c4oc4c(-c6ccccc6)cc6ccccc6c45)c4cccc5c4oc4c(-c6ccccc6)cc6ccccc6c45)cccc23)cc1. The second-order valence-electron chi connectivity index (χ2n) is 18.2. The highest BCUT2D eigenvalue weighted by Gasteiger charge is 2.29. The summed E-state index contributed by atoms with van der Waals surface area (Å²) in [5, 5.41) is 13.2. The number of furan rings is 3. The van der Waals surface area contributed by atoms with E-state index in [1.807, 2.05) is 0 Å². The number of hydrogen-bond acceptors (Lipinski definition) is 4.